The van der Waals surface area contributed by atoms with Crippen LogP contribution in [0.1, 0.15) is 15.2 Å². The van der Waals surface area contributed by atoms with Crippen LogP contribution in [0.3, 0.4) is 0 Å². The van der Waals surface area contributed by atoms with Gasteiger partial charge in [0.05, 0.1) is 5.69 Å². The number of likely N-dealkylation sites (N-methyl/N-ethyl adjacent to an activating group) is 1. The first-order chi connectivity index (χ1) is 10.0. The van der Waals surface area contributed by atoms with Crippen LogP contribution in [-0.4, -0.2) is 62.0 Å². The van der Waals surface area contributed by atoms with E-state index in [2.05, 4.69) is 22.2 Å². The number of primary amides is 1. The Hall–Kier alpha value is -1.82. The highest BCUT2D eigenvalue weighted by Crippen LogP contribution is 2.34. The van der Waals surface area contributed by atoms with Crippen molar-refractivity contribution < 1.29 is 4.79 Å². The molecule has 0 aromatic carbocycles. The van der Waals surface area contributed by atoms with Gasteiger partial charge in [-0.25, -0.2) is 0 Å². The van der Waals surface area contributed by atoms with E-state index in [1.807, 2.05) is 6.07 Å². The maximum absolute atomic E-state index is 11.3. The van der Waals surface area contributed by atoms with Gasteiger partial charge in [-0.3, -0.25) is 9.69 Å². The predicted octanol–water partition coefficient (Wildman–Crippen LogP) is -0.0398. The average molecular weight is 308 g/mol. The van der Waals surface area contributed by atoms with Gasteiger partial charge in [0.1, 0.15) is 21.5 Å². The molecule has 1 amide bonds. The van der Waals surface area contributed by atoms with Crippen molar-refractivity contribution in [3.05, 3.63) is 10.4 Å². The Morgan fingerprint density at radius 1 is 1.43 bits per heavy atom. The van der Waals surface area contributed by atoms with Gasteiger partial charge in [-0.1, -0.05) is 0 Å². The summed E-state index contributed by atoms with van der Waals surface area (Å²) in [5.41, 5.74) is 11.5. The molecule has 1 aliphatic rings. The summed E-state index contributed by atoms with van der Waals surface area (Å²) in [7, 11) is 2.12. The Labute approximate surface area is 128 Å². The van der Waals surface area contributed by atoms with Gasteiger partial charge in [0.2, 0.25) is 0 Å². The molecule has 0 aliphatic carbocycles. The predicted molar refractivity (Wildman–Crippen MR) is 84.4 cm³/mol. The third-order valence-corrected chi connectivity index (χ3v) is 4.77. The first kappa shape index (κ1) is 15.6. The molecule has 1 aromatic rings. The second-order valence-corrected chi connectivity index (χ2v) is 6.12. The van der Waals surface area contributed by atoms with Crippen molar-refractivity contribution >= 4 is 27.9 Å². The minimum atomic E-state index is -0.596. The maximum atomic E-state index is 11.3. The van der Waals surface area contributed by atoms with Crippen LogP contribution in [0.2, 0.25) is 0 Å². The molecule has 0 bridgehead atoms. The van der Waals surface area contributed by atoms with Gasteiger partial charge in [0, 0.05) is 39.3 Å². The summed E-state index contributed by atoms with van der Waals surface area (Å²) in [6.45, 7) is 5.83. The van der Waals surface area contributed by atoms with Gasteiger partial charge in [-0.05, 0) is 7.05 Å². The highest BCUT2D eigenvalue weighted by Gasteiger charge is 2.19. The van der Waals surface area contributed by atoms with Gasteiger partial charge < -0.3 is 21.7 Å². The summed E-state index contributed by atoms with van der Waals surface area (Å²) in [4.78, 5) is 16.2. The van der Waals surface area contributed by atoms with E-state index >= 15 is 0 Å². The Bertz CT molecular complexity index is 556. The molecule has 2 rings (SSSR count). The van der Waals surface area contributed by atoms with Crippen molar-refractivity contribution in [2.75, 3.05) is 57.4 Å². The zero-order chi connectivity index (χ0) is 15.4. The minimum Gasteiger partial charge on any atom is -0.396 e. The number of rotatable bonds is 5. The van der Waals surface area contributed by atoms with E-state index in [1.54, 1.807) is 0 Å². The van der Waals surface area contributed by atoms with Crippen molar-refractivity contribution in [1.82, 2.24) is 9.80 Å². The van der Waals surface area contributed by atoms with E-state index < -0.39 is 5.91 Å². The smallest absolute Gasteiger partial charge is 0.261 e. The van der Waals surface area contributed by atoms with E-state index in [4.69, 9.17) is 16.7 Å². The van der Waals surface area contributed by atoms with Gasteiger partial charge in [-0.2, -0.15) is 5.26 Å². The van der Waals surface area contributed by atoms with E-state index in [-0.39, 0.29) is 10.6 Å². The zero-order valence-corrected chi connectivity index (χ0v) is 12.9. The Balaban J connectivity index is 1.93. The van der Waals surface area contributed by atoms with E-state index in [9.17, 15) is 4.79 Å². The van der Waals surface area contributed by atoms with E-state index in [0.717, 1.165) is 44.1 Å². The summed E-state index contributed by atoms with van der Waals surface area (Å²) in [6.07, 6.45) is 0. The third kappa shape index (κ3) is 3.64. The molecule has 1 saturated heterocycles. The molecule has 8 heteroatoms. The Morgan fingerprint density at radius 3 is 2.67 bits per heavy atom. The van der Waals surface area contributed by atoms with Gasteiger partial charge in [-0.15, -0.1) is 11.3 Å². The number of carbonyl (C=O) groups excluding carboxylic acids is 1. The number of piperazine rings is 1. The summed E-state index contributed by atoms with van der Waals surface area (Å²) in [5, 5.41) is 13.0. The lowest BCUT2D eigenvalue weighted by Gasteiger charge is -2.32. The maximum Gasteiger partial charge on any atom is 0.261 e. The van der Waals surface area contributed by atoms with Crippen LogP contribution in [0.4, 0.5) is 10.7 Å². The molecule has 5 N–H and O–H groups in total. The van der Waals surface area contributed by atoms with Crippen LogP contribution in [0.25, 0.3) is 0 Å². The molecule has 1 aliphatic heterocycles. The topological polar surface area (TPSA) is 111 Å². The quantitative estimate of drug-likeness (QED) is 0.704. The minimum absolute atomic E-state index is 0.178. The highest BCUT2D eigenvalue weighted by molar-refractivity contribution is 7.18. The number of thiophene rings is 1. The van der Waals surface area contributed by atoms with Crippen LogP contribution in [0.15, 0.2) is 0 Å². The summed E-state index contributed by atoms with van der Waals surface area (Å²) < 4.78 is 0. The summed E-state index contributed by atoms with van der Waals surface area (Å²) >= 11 is 1.15. The number of nitrogens with one attached hydrogen (secondary N) is 1. The lowest BCUT2D eigenvalue weighted by Crippen LogP contribution is -2.45. The molecule has 0 radical (unpaired) electrons. The summed E-state index contributed by atoms with van der Waals surface area (Å²) in [5.74, 6) is -0.596. The molecule has 0 spiro atoms. The van der Waals surface area contributed by atoms with E-state index in [1.165, 1.54) is 0 Å². The molecule has 7 nitrogen and oxygen atoms in total. The molecule has 1 aromatic heterocycles. The normalized spacial score (nSPS) is 16.6. The number of hydrogen-bond acceptors (Lipinski definition) is 7. The molecule has 2 heterocycles. The van der Waals surface area contributed by atoms with Gasteiger partial charge in [0.15, 0.2) is 0 Å². The molecular weight excluding hydrogens is 288 g/mol. The molecule has 1 fully saturated rings. The van der Waals surface area contributed by atoms with Crippen molar-refractivity contribution in [2.24, 2.45) is 5.73 Å². The van der Waals surface area contributed by atoms with Crippen molar-refractivity contribution in [1.29, 1.82) is 5.26 Å². The number of nitrogen functional groups attached to an aromatic ring is 1. The number of nitriles is 1. The lowest BCUT2D eigenvalue weighted by atomic mass is 10.2. The average Bonchev–Trinajstić information content (AvgIpc) is 2.77. The molecule has 114 valence electrons. The molecule has 21 heavy (non-hydrogen) atoms. The Kier molecular flexibility index (Phi) is 5.01. The Morgan fingerprint density at radius 2 is 2.10 bits per heavy atom. The molecule has 0 atom stereocenters. The second kappa shape index (κ2) is 6.76. The monoisotopic (exact) mass is 308 g/mol. The fourth-order valence-electron chi connectivity index (χ4n) is 2.26. The first-order valence-electron chi connectivity index (χ1n) is 6.80. The number of nitrogens with two attached hydrogens (primary N) is 2. The van der Waals surface area contributed by atoms with Crippen LogP contribution in [0.5, 0.6) is 0 Å². The number of anilines is 2. The van der Waals surface area contributed by atoms with Crippen LogP contribution < -0.4 is 16.8 Å². The second-order valence-electron chi connectivity index (χ2n) is 5.10. The van der Waals surface area contributed by atoms with Crippen LogP contribution in [0, 0.1) is 11.3 Å². The SMILES string of the molecule is CN1CCN(CCNc2sc(C(N)=O)c(N)c2C#N)CC1. The fourth-order valence-corrected chi connectivity index (χ4v) is 3.21. The van der Waals surface area contributed by atoms with Gasteiger partial charge in [0.25, 0.3) is 5.91 Å². The molecule has 0 unspecified atom stereocenters. The number of nitrogens with zero attached hydrogens (tertiary/aromatic N) is 3. The van der Waals surface area contributed by atoms with Crippen molar-refractivity contribution in [3.8, 4) is 6.07 Å². The third-order valence-electron chi connectivity index (χ3n) is 3.59. The van der Waals surface area contributed by atoms with E-state index in [0.29, 0.717) is 17.1 Å². The fraction of sp³-hybridized carbons (Fsp3) is 0.538. The number of amides is 1. The van der Waals surface area contributed by atoms with Crippen molar-refractivity contribution in [2.45, 2.75) is 0 Å². The number of hydrogen-bond donors (Lipinski definition) is 3. The molecule has 0 saturated carbocycles. The van der Waals surface area contributed by atoms with Crippen LogP contribution >= 0.6 is 11.3 Å². The largest absolute Gasteiger partial charge is 0.396 e. The zero-order valence-electron chi connectivity index (χ0n) is 12.1. The van der Waals surface area contributed by atoms with Crippen molar-refractivity contribution in [3.63, 3.8) is 0 Å². The standard InChI is InChI=1S/C13H20N6OS/c1-18-4-6-19(7-5-18)3-2-17-13-9(8-14)10(15)11(21-13)12(16)20/h17H,2-7,15H2,1H3,(H2,16,20). The summed E-state index contributed by atoms with van der Waals surface area (Å²) in [6, 6.07) is 2.03. The highest BCUT2D eigenvalue weighted by atomic mass is 32.1. The molecular formula is C13H20N6OS. The van der Waals surface area contributed by atoms with Crippen LogP contribution in [-0.2, 0) is 0 Å². The lowest BCUT2D eigenvalue weighted by molar-refractivity contribution is 0.100. The first-order valence-corrected chi connectivity index (χ1v) is 7.61. The van der Waals surface area contributed by atoms with Gasteiger partial charge >= 0.3 is 0 Å². The number of carbonyl (C=O) groups is 1.